The Bertz CT molecular complexity index is 3470. The van der Waals surface area contributed by atoms with Crippen LogP contribution in [0.3, 0.4) is 0 Å². The molecule has 324 valence electrons. The molecule has 0 aliphatic rings. The third-order valence-corrected chi connectivity index (χ3v) is 11.3. The van der Waals surface area contributed by atoms with Gasteiger partial charge in [-0.2, -0.15) is 32.2 Å². The maximum atomic E-state index is 13.3. The van der Waals surface area contributed by atoms with Gasteiger partial charge in [-0.3, -0.25) is 13.9 Å². The first-order chi connectivity index (χ1) is 30.2. The number of carbonyl (C=O) groups is 2. The number of carboxylic acid groups (broad SMARTS) is 1. The minimum Gasteiger partial charge on any atom is -0.871 e. The van der Waals surface area contributed by atoms with Crippen LogP contribution in [0, 0.1) is 13.8 Å². The summed E-state index contributed by atoms with van der Waals surface area (Å²) in [6, 6.07) is 24.5. The van der Waals surface area contributed by atoms with Gasteiger partial charge >= 0.3 is 88.7 Å². The van der Waals surface area contributed by atoms with Gasteiger partial charge in [-0.15, -0.1) is 15.3 Å². The van der Waals surface area contributed by atoms with Gasteiger partial charge in [0.1, 0.15) is 21.4 Å². The molecular weight excluding hydrogens is 940 g/mol. The van der Waals surface area contributed by atoms with E-state index in [1.54, 1.807) is 50.2 Å². The van der Waals surface area contributed by atoms with Crippen molar-refractivity contribution < 1.29 is 140 Å². The molecule has 0 aliphatic carbocycles. The number of amides is 1. The first kappa shape index (κ1) is 54.4. The molecule has 0 atom stereocenters. The molecule has 67 heavy (non-hydrogen) atoms. The topological polar surface area (TPSA) is 350 Å². The average molecular weight is 970 g/mol. The first-order valence-electron chi connectivity index (χ1n) is 18.3. The summed E-state index contributed by atoms with van der Waals surface area (Å²) in [5, 5.41) is 64.6. The Labute approximate surface area is 447 Å². The van der Waals surface area contributed by atoms with Crippen LogP contribution in [-0.2, 0) is 29.8 Å². The van der Waals surface area contributed by atoms with Crippen molar-refractivity contribution in [1.82, 2.24) is 0 Å². The van der Waals surface area contributed by atoms with Gasteiger partial charge in [0.2, 0.25) is 0 Å². The van der Waals surface area contributed by atoms with Crippen LogP contribution in [0.2, 0.25) is 0 Å². The van der Waals surface area contributed by atoms with E-state index in [1.807, 2.05) is 0 Å². The third kappa shape index (κ3) is 12.3. The minimum atomic E-state index is -4.97. The Hall–Kier alpha value is -5.18. The van der Waals surface area contributed by atoms with E-state index in [4.69, 9.17) is 11.5 Å². The van der Waals surface area contributed by atoms with Crippen molar-refractivity contribution in [1.29, 1.82) is 0 Å². The van der Waals surface area contributed by atoms with Gasteiger partial charge in [0.25, 0.3) is 26.1 Å². The number of benzene rings is 7. The molecule has 0 heterocycles. The summed E-state index contributed by atoms with van der Waals surface area (Å²) in [7, 11) is -9.83. The normalized spacial score (nSPS) is 11.7. The van der Waals surface area contributed by atoms with E-state index >= 15 is 0 Å². The summed E-state index contributed by atoms with van der Waals surface area (Å²) in [6.07, 6.45) is 0. The Balaban J connectivity index is 0.00000327. The molecule has 0 aromatic heterocycles. The number of nitrogens with two attached hydrogens (primary N) is 2. The summed E-state index contributed by atoms with van der Waals surface area (Å²) >= 11 is 0. The number of fused-ring (bicyclic) bond motifs is 2. The van der Waals surface area contributed by atoms with Gasteiger partial charge in [0, 0.05) is 11.4 Å². The molecule has 0 radical (unpaired) electrons. The van der Waals surface area contributed by atoms with Crippen LogP contribution in [0.5, 0.6) is 11.5 Å². The second-order valence-corrected chi connectivity index (χ2v) is 16.8. The second kappa shape index (κ2) is 21.8. The number of carboxylic acids is 1. The Kier molecular flexibility index (Phi) is 17.7. The third-order valence-electron chi connectivity index (χ3n) is 9.60. The van der Waals surface area contributed by atoms with Gasteiger partial charge in [-0.05, 0) is 137 Å². The Morgan fingerprint density at radius 3 is 1.40 bits per heavy atom. The van der Waals surface area contributed by atoms with Crippen molar-refractivity contribution in [3.8, 4) is 22.6 Å². The SMILES string of the molecule is Cc1cc(-c2ccc(N=Nc3c(S(=O)(=O)O)cc4ccc(N)cc4c3[O-])c(C)c2)ccc1N=Nc1ccc(N=Nc2c(S(=O)(=O)O)cc3ccc(N)cc3c2[O-])cc1NC(=O)C(=O)[O-].[Na+].[Na+].[Na+]. The van der Waals surface area contributed by atoms with Crippen molar-refractivity contribution in [2.75, 3.05) is 16.8 Å². The van der Waals surface area contributed by atoms with Crippen molar-refractivity contribution in [3.63, 3.8) is 0 Å². The van der Waals surface area contributed by atoms with Crippen molar-refractivity contribution in [2.45, 2.75) is 23.6 Å². The van der Waals surface area contributed by atoms with Gasteiger partial charge in [0.05, 0.1) is 34.1 Å². The zero-order valence-corrected chi connectivity index (χ0v) is 43.7. The van der Waals surface area contributed by atoms with Crippen molar-refractivity contribution in [3.05, 3.63) is 114 Å². The van der Waals surface area contributed by atoms with E-state index in [2.05, 4.69) is 36.0 Å². The number of aryl methyl sites for hydroxylation is 2. The predicted octanol–water partition coefficient (Wildman–Crippen LogP) is -1.97. The van der Waals surface area contributed by atoms with Gasteiger partial charge in [-0.25, -0.2) is 0 Å². The van der Waals surface area contributed by atoms with Crippen LogP contribution in [0.1, 0.15) is 11.1 Å². The smallest absolute Gasteiger partial charge is 0.871 e. The van der Waals surface area contributed by atoms with Crippen LogP contribution >= 0.6 is 0 Å². The maximum Gasteiger partial charge on any atom is 1.00 e. The number of rotatable bonds is 10. The fourth-order valence-electron chi connectivity index (χ4n) is 6.43. The van der Waals surface area contributed by atoms with Crippen LogP contribution in [0.15, 0.2) is 144 Å². The summed E-state index contributed by atoms with van der Waals surface area (Å²) in [5.41, 5.74) is 13.7. The summed E-state index contributed by atoms with van der Waals surface area (Å²) in [5.74, 6) is -5.32. The van der Waals surface area contributed by atoms with E-state index in [9.17, 15) is 50.8 Å². The number of nitrogens with zero attached hydrogens (tertiary/aromatic N) is 6. The number of anilines is 3. The van der Waals surface area contributed by atoms with Gasteiger partial charge < -0.3 is 36.9 Å². The van der Waals surface area contributed by atoms with E-state index < -0.39 is 64.8 Å². The summed E-state index contributed by atoms with van der Waals surface area (Å²) in [4.78, 5) is 22.0. The number of hydrogen-bond acceptors (Lipinski definition) is 17. The Morgan fingerprint density at radius 2 is 0.970 bits per heavy atom. The molecule has 20 nitrogen and oxygen atoms in total. The zero-order chi connectivity index (χ0) is 46.2. The number of nitrogens with one attached hydrogen (secondary N) is 1. The fourth-order valence-corrected chi connectivity index (χ4v) is 7.74. The molecule has 0 saturated heterocycles. The number of aliphatic carboxylic acids is 1. The number of hydrogen-bond donors (Lipinski definition) is 5. The standard InChI is InChI=1S/C42H33N9O11S2.3Na/c1-20-13-22(23-6-11-32(21(2)14-23)48-51-38-36(64(60,61)62)16-25-4-8-27(44)18-30(25)40(38)53)5-10-31(20)47-49-33-12-9-28(19-34(33)45-41(54)42(55)56)46-50-37-35(63(57,58)59)15-24-3-7-26(43)17-29(24)39(37)52;;;/h3-19,52-53H,43-44H2,1-2H3,(H,45,54)(H,55,56)(H,57,58,59)(H,60,61,62);;;/q;3*+1/p-3. The molecule has 7 rings (SSSR count). The van der Waals surface area contributed by atoms with Gasteiger partial charge in [-0.1, -0.05) is 35.8 Å². The molecule has 7 N–H and O–H groups in total. The van der Waals surface area contributed by atoms with Gasteiger partial charge in [0.15, 0.2) is 0 Å². The monoisotopic (exact) mass is 969 g/mol. The summed E-state index contributed by atoms with van der Waals surface area (Å²) < 4.78 is 68.5. The number of nitrogen functional groups attached to an aromatic ring is 2. The van der Waals surface area contributed by atoms with E-state index in [1.165, 1.54) is 48.5 Å². The minimum absolute atomic E-state index is 0. The predicted molar refractivity (Wildman–Crippen MR) is 229 cm³/mol. The molecule has 0 bridgehead atoms. The molecule has 7 aromatic carbocycles. The second-order valence-electron chi connectivity index (χ2n) is 14.1. The van der Waals surface area contributed by atoms with E-state index in [0.29, 0.717) is 22.5 Å². The molecule has 1 amide bonds. The fraction of sp³-hybridized carbons (Fsp3) is 0.0476. The molecule has 0 aliphatic heterocycles. The van der Waals surface area contributed by atoms with Crippen LogP contribution in [0.25, 0.3) is 32.7 Å². The van der Waals surface area contributed by atoms with E-state index in [0.717, 1.165) is 29.3 Å². The largest absolute Gasteiger partial charge is 1.00 e. The first-order valence-corrected chi connectivity index (χ1v) is 21.2. The maximum absolute atomic E-state index is 13.3. The molecule has 0 spiro atoms. The molecule has 0 fully saturated rings. The van der Waals surface area contributed by atoms with Crippen LogP contribution in [0.4, 0.5) is 51.2 Å². The molecule has 25 heteroatoms. The molecule has 0 saturated carbocycles. The van der Waals surface area contributed by atoms with E-state index in [-0.39, 0.29) is 139 Å². The molecular formula is C42H30N9Na3O11S2. The quantitative estimate of drug-likeness (QED) is 0.0327. The zero-order valence-electron chi connectivity index (χ0n) is 36.0. The molecule has 0 unspecified atom stereocenters. The summed E-state index contributed by atoms with van der Waals surface area (Å²) in [6.45, 7) is 3.46. The van der Waals surface area contributed by atoms with Crippen LogP contribution < -0.4 is 121 Å². The number of carbonyl (C=O) groups excluding carboxylic acids is 2. The number of azo groups is 3. The van der Waals surface area contributed by atoms with Crippen LogP contribution in [-0.4, -0.2) is 37.8 Å². The Morgan fingerprint density at radius 1 is 0.552 bits per heavy atom. The van der Waals surface area contributed by atoms with Crippen molar-refractivity contribution >= 4 is 105 Å². The van der Waals surface area contributed by atoms with Crippen molar-refractivity contribution in [2.24, 2.45) is 30.7 Å². The average Bonchev–Trinajstić information content (AvgIpc) is 3.22. The molecule has 7 aromatic rings.